The van der Waals surface area contributed by atoms with Crippen LogP contribution in [-0.2, 0) is 34.3 Å². The molecule has 2 aromatic carbocycles. The van der Waals surface area contributed by atoms with Crippen molar-refractivity contribution in [1.29, 1.82) is 0 Å². The number of carbonyl (C=O) groups is 2. The van der Waals surface area contributed by atoms with E-state index in [1.54, 1.807) is 6.92 Å². The zero-order valence-corrected chi connectivity index (χ0v) is 24.9. The minimum Gasteiger partial charge on any atom is -0.462 e. The highest BCUT2D eigenvalue weighted by Crippen LogP contribution is 2.38. The topological polar surface area (TPSA) is 96.0 Å². The van der Waals surface area contributed by atoms with Crippen molar-refractivity contribution in [3.05, 3.63) is 81.7 Å². The van der Waals surface area contributed by atoms with Crippen LogP contribution in [0.1, 0.15) is 70.3 Å². The second kappa shape index (κ2) is 13.5. The van der Waals surface area contributed by atoms with Crippen LogP contribution < -0.4 is 5.32 Å². The molecule has 0 unspecified atom stereocenters. The highest BCUT2D eigenvalue weighted by Gasteiger charge is 2.30. The molecule has 0 saturated heterocycles. The van der Waals surface area contributed by atoms with E-state index in [1.807, 2.05) is 32.0 Å². The quantitative estimate of drug-likeness (QED) is 0.281. The lowest BCUT2D eigenvalue weighted by Crippen LogP contribution is -2.32. The summed E-state index contributed by atoms with van der Waals surface area (Å²) in [5.41, 5.74) is 2.88. The molecule has 8 nitrogen and oxygen atoms in total. The van der Waals surface area contributed by atoms with Crippen LogP contribution >= 0.6 is 11.3 Å². The van der Waals surface area contributed by atoms with Crippen LogP contribution in [-0.4, -0.2) is 55.7 Å². The maximum atomic E-state index is 13.2. The highest BCUT2D eigenvalue weighted by molar-refractivity contribution is 7.89. The number of amides is 1. The number of fused-ring (bicyclic) bond motifs is 1. The van der Waals surface area contributed by atoms with Crippen molar-refractivity contribution >= 4 is 38.2 Å². The number of nitrogens with one attached hydrogen (secondary N) is 1. The maximum Gasteiger partial charge on any atom is 0.341 e. The minimum absolute atomic E-state index is 0.156. The molecule has 2 heterocycles. The van der Waals surface area contributed by atoms with Crippen LogP contribution in [0, 0.1) is 0 Å². The third-order valence-electron chi connectivity index (χ3n) is 6.79. The van der Waals surface area contributed by atoms with Gasteiger partial charge < -0.3 is 10.1 Å². The standard InChI is InChI=1S/C30H37N3O5S2/c1-4-17-33(18-5-2)40(36,37)24-14-12-23(13-15-24)28(34)31-29-27(30(35)38-6-3)25-16-19-32(21-26(25)39-29)20-22-10-8-7-9-11-22/h7-15H,4-6,16-21H2,1-3H3,(H,31,34). The zero-order chi connectivity index (χ0) is 28.7. The van der Waals surface area contributed by atoms with Gasteiger partial charge in [0.05, 0.1) is 17.1 Å². The van der Waals surface area contributed by atoms with Gasteiger partial charge >= 0.3 is 5.97 Å². The van der Waals surface area contributed by atoms with Crippen molar-refractivity contribution in [3.8, 4) is 0 Å². The van der Waals surface area contributed by atoms with Crippen molar-refractivity contribution in [2.75, 3.05) is 31.6 Å². The number of esters is 1. The molecule has 0 aliphatic carbocycles. The molecule has 214 valence electrons. The Balaban J connectivity index is 1.54. The van der Waals surface area contributed by atoms with Gasteiger partial charge in [0.1, 0.15) is 5.00 Å². The van der Waals surface area contributed by atoms with Crippen molar-refractivity contribution in [2.45, 2.75) is 58.0 Å². The first kappa shape index (κ1) is 29.9. The molecule has 1 aliphatic rings. The molecule has 40 heavy (non-hydrogen) atoms. The molecule has 0 fully saturated rings. The molecular weight excluding hydrogens is 546 g/mol. The normalized spacial score (nSPS) is 13.7. The van der Waals surface area contributed by atoms with Crippen LogP contribution in [0.5, 0.6) is 0 Å². The molecule has 1 aliphatic heterocycles. The summed E-state index contributed by atoms with van der Waals surface area (Å²) in [4.78, 5) is 29.7. The monoisotopic (exact) mass is 583 g/mol. The van der Waals surface area contributed by atoms with Gasteiger partial charge in [-0.05, 0) is 61.6 Å². The molecule has 0 atom stereocenters. The SMILES string of the molecule is CCCN(CCC)S(=O)(=O)c1ccc(C(=O)Nc2sc3c(c2C(=O)OCC)CCN(Cc2ccccc2)C3)cc1. The van der Waals surface area contributed by atoms with E-state index in [2.05, 4.69) is 22.3 Å². The number of carbonyl (C=O) groups excluding carboxylic acids is 2. The molecule has 0 radical (unpaired) electrons. The first-order valence-corrected chi connectivity index (χ1v) is 16.0. The maximum absolute atomic E-state index is 13.2. The Morgan fingerprint density at radius 3 is 2.30 bits per heavy atom. The third-order valence-corrected chi connectivity index (χ3v) is 9.84. The van der Waals surface area contributed by atoms with E-state index in [0.29, 0.717) is 42.2 Å². The smallest absolute Gasteiger partial charge is 0.341 e. The van der Waals surface area contributed by atoms with Crippen LogP contribution in [0.25, 0.3) is 0 Å². The molecule has 1 aromatic heterocycles. The third kappa shape index (κ3) is 6.80. The molecule has 0 spiro atoms. The summed E-state index contributed by atoms with van der Waals surface area (Å²) in [7, 11) is -3.64. The van der Waals surface area contributed by atoms with Gasteiger partial charge in [0.2, 0.25) is 10.0 Å². The Kier molecular flexibility index (Phi) is 10.1. The molecule has 10 heteroatoms. The molecule has 0 bridgehead atoms. The van der Waals surface area contributed by atoms with Crippen LogP contribution in [0.4, 0.5) is 5.00 Å². The number of nitrogens with zero attached hydrogens (tertiary/aromatic N) is 2. The second-order valence-electron chi connectivity index (χ2n) is 9.76. The fraction of sp³-hybridized carbons (Fsp3) is 0.400. The largest absolute Gasteiger partial charge is 0.462 e. The fourth-order valence-corrected chi connectivity index (χ4v) is 7.79. The molecule has 1 amide bonds. The molecule has 4 rings (SSSR count). The van der Waals surface area contributed by atoms with E-state index in [-0.39, 0.29) is 11.5 Å². The summed E-state index contributed by atoms with van der Waals surface area (Å²) in [5, 5.41) is 3.37. The summed E-state index contributed by atoms with van der Waals surface area (Å²) >= 11 is 1.40. The Morgan fingerprint density at radius 1 is 1.00 bits per heavy atom. The van der Waals surface area contributed by atoms with E-state index in [9.17, 15) is 18.0 Å². The first-order chi connectivity index (χ1) is 19.3. The van der Waals surface area contributed by atoms with Gasteiger partial charge in [-0.25, -0.2) is 13.2 Å². The predicted octanol–water partition coefficient (Wildman–Crippen LogP) is 5.55. The summed E-state index contributed by atoms with van der Waals surface area (Å²) < 4.78 is 33.0. The molecule has 0 saturated carbocycles. The van der Waals surface area contributed by atoms with Gasteiger partial charge in [-0.2, -0.15) is 4.31 Å². The lowest BCUT2D eigenvalue weighted by atomic mass is 10.0. The Morgan fingerprint density at radius 2 is 1.68 bits per heavy atom. The number of hydrogen-bond donors (Lipinski definition) is 1. The van der Waals surface area contributed by atoms with E-state index in [1.165, 1.54) is 45.5 Å². The van der Waals surface area contributed by atoms with E-state index in [0.717, 1.165) is 36.4 Å². The van der Waals surface area contributed by atoms with Gasteiger partial charge in [-0.1, -0.05) is 44.2 Å². The van der Waals surface area contributed by atoms with E-state index >= 15 is 0 Å². The number of thiophene rings is 1. The number of ether oxygens (including phenoxy) is 1. The van der Waals surface area contributed by atoms with Gasteiger partial charge in [0.25, 0.3) is 5.91 Å². The second-order valence-corrected chi connectivity index (χ2v) is 12.8. The van der Waals surface area contributed by atoms with E-state index < -0.39 is 21.9 Å². The van der Waals surface area contributed by atoms with Crippen LogP contribution in [0.2, 0.25) is 0 Å². The van der Waals surface area contributed by atoms with Crippen molar-refractivity contribution in [2.24, 2.45) is 0 Å². The number of sulfonamides is 1. The number of rotatable bonds is 12. The van der Waals surface area contributed by atoms with Crippen molar-refractivity contribution in [3.63, 3.8) is 0 Å². The van der Waals surface area contributed by atoms with Gasteiger partial charge in [0, 0.05) is 43.2 Å². The average molecular weight is 584 g/mol. The van der Waals surface area contributed by atoms with Gasteiger partial charge in [-0.15, -0.1) is 11.3 Å². The number of benzene rings is 2. The number of anilines is 1. The lowest BCUT2D eigenvalue weighted by Gasteiger charge is -2.27. The first-order valence-electron chi connectivity index (χ1n) is 13.8. The molecular formula is C30H37N3O5S2. The molecule has 3 aromatic rings. The summed E-state index contributed by atoms with van der Waals surface area (Å²) in [6.45, 7) is 9.05. The Bertz CT molecular complexity index is 1410. The van der Waals surface area contributed by atoms with Gasteiger partial charge in [-0.3, -0.25) is 9.69 Å². The Labute approximate surface area is 241 Å². The number of hydrogen-bond acceptors (Lipinski definition) is 7. The minimum atomic E-state index is -3.64. The fourth-order valence-electron chi connectivity index (χ4n) is 4.89. The van der Waals surface area contributed by atoms with E-state index in [4.69, 9.17) is 4.74 Å². The summed E-state index contributed by atoms with van der Waals surface area (Å²) in [5.74, 6) is -0.853. The summed E-state index contributed by atoms with van der Waals surface area (Å²) in [6, 6.07) is 16.2. The van der Waals surface area contributed by atoms with Gasteiger partial charge in [0.15, 0.2) is 0 Å². The zero-order valence-electron chi connectivity index (χ0n) is 23.3. The highest BCUT2D eigenvalue weighted by atomic mass is 32.2. The Hall–Kier alpha value is -3.05. The summed E-state index contributed by atoms with van der Waals surface area (Å²) in [6.07, 6.45) is 2.12. The average Bonchev–Trinajstić information content (AvgIpc) is 3.30. The van der Waals surface area contributed by atoms with Crippen LogP contribution in [0.3, 0.4) is 0 Å². The molecule has 1 N–H and O–H groups in total. The van der Waals surface area contributed by atoms with Crippen molar-refractivity contribution in [1.82, 2.24) is 9.21 Å². The van der Waals surface area contributed by atoms with Crippen molar-refractivity contribution < 1.29 is 22.7 Å². The predicted molar refractivity (Wildman–Crippen MR) is 158 cm³/mol. The van der Waals surface area contributed by atoms with Crippen LogP contribution in [0.15, 0.2) is 59.5 Å². The lowest BCUT2D eigenvalue weighted by molar-refractivity contribution is 0.0526.